The van der Waals surface area contributed by atoms with Gasteiger partial charge in [0.1, 0.15) is 19.3 Å². The van der Waals surface area contributed by atoms with Gasteiger partial charge in [-0.1, -0.05) is 235 Å². The van der Waals surface area contributed by atoms with Crippen LogP contribution in [0.5, 0.6) is 0 Å². The number of likely N-dealkylation sites (N-methyl/N-ethyl adjacent to an activating group) is 1. The SMILES string of the molecule is CC/C=C\C/C=C\C/C=C\C/C=C\CCCCCCCCCCCCCCCOCC(COP(=O)([O-])OCC[N+](C)(C)C)OC(=O)CCCCCCCCCCC/C=C\CCCCCCCCCC. The highest BCUT2D eigenvalue weighted by Gasteiger charge is 2.20. The van der Waals surface area contributed by atoms with Crippen LogP contribution in [0.1, 0.15) is 258 Å². The molecule has 0 heterocycles. The van der Waals surface area contributed by atoms with E-state index in [9.17, 15) is 14.3 Å². The number of rotatable bonds is 54. The number of ether oxygens (including phenoxy) is 2. The summed E-state index contributed by atoms with van der Waals surface area (Å²) in [6.45, 7) is 5.33. The summed E-state index contributed by atoms with van der Waals surface area (Å²) in [5, 5.41) is 0. The molecule has 0 aromatic rings. The lowest BCUT2D eigenvalue weighted by Crippen LogP contribution is -2.37. The fourth-order valence-corrected chi connectivity index (χ4v) is 8.85. The fraction of sp³-hybridized carbons (Fsp3) is 0.817. The van der Waals surface area contributed by atoms with Gasteiger partial charge in [0, 0.05) is 13.0 Å². The molecular formula is C60H112NO7P. The minimum atomic E-state index is -4.54. The van der Waals surface area contributed by atoms with Crippen LogP contribution in [0.3, 0.4) is 0 Å². The van der Waals surface area contributed by atoms with Crippen molar-refractivity contribution in [2.24, 2.45) is 0 Å². The minimum absolute atomic E-state index is 0.0247. The highest BCUT2D eigenvalue weighted by atomic mass is 31.2. The molecule has 0 bridgehead atoms. The summed E-state index contributed by atoms with van der Waals surface area (Å²) in [5.74, 6) is -0.334. The smallest absolute Gasteiger partial charge is 0.306 e. The highest BCUT2D eigenvalue weighted by Crippen LogP contribution is 2.38. The second kappa shape index (κ2) is 52.5. The van der Waals surface area contributed by atoms with Crippen molar-refractivity contribution < 1.29 is 37.3 Å². The van der Waals surface area contributed by atoms with E-state index in [1.54, 1.807) is 0 Å². The van der Waals surface area contributed by atoms with Gasteiger partial charge in [-0.15, -0.1) is 0 Å². The molecule has 0 N–H and O–H groups in total. The second-order valence-electron chi connectivity index (χ2n) is 20.6. The van der Waals surface area contributed by atoms with E-state index in [-0.39, 0.29) is 25.8 Å². The average Bonchev–Trinajstić information content (AvgIpc) is 3.31. The molecule has 9 heteroatoms. The lowest BCUT2D eigenvalue weighted by atomic mass is 10.0. The molecule has 0 saturated heterocycles. The Bertz CT molecular complexity index is 1290. The maximum absolute atomic E-state index is 12.8. The van der Waals surface area contributed by atoms with Gasteiger partial charge in [-0.2, -0.15) is 0 Å². The number of hydrogen-bond acceptors (Lipinski definition) is 7. The van der Waals surface area contributed by atoms with Gasteiger partial charge in [0.25, 0.3) is 7.82 Å². The van der Waals surface area contributed by atoms with Crippen LogP contribution in [0, 0.1) is 0 Å². The van der Waals surface area contributed by atoms with E-state index in [1.165, 1.54) is 180 Å². The van der Waals surface area contributed by atoms with Gasteiger partial charge in [-0.3, -0.25) is 9.36 Å². The van der Waals surface area contributed by atoms with Crippen LogP contribution in [-0.2, 0) is 27.9 Å². The van der Waals surface area contributed by atoms with Gasteiger partial charge in [-0.25, -0.2) is 0 Å². The molecule has 69 heavy (non-hydrogen) atoms. The maximum atomic E-state index is 12.8. The third-order valence-electron chi connectivity index (χ3n) is 12.6. The summed E-state index contributed by atoms with van der Waals surface area (Å²) in [5.41, 5.74) is 0. The van der Waals surface area contributed by atoms with Crippen LogP contribution in [0.2, 0.25) is 0 Å². The van der Waals surface area contributed by atoms with Gasteiger partial charge >= 0.3 is 5.97 Å². The van der Waals surface area contributed by atoms with Crippen molar-refractivity contribution in [2.45, 2.75) is 264 Å². The first-order valence-corrected chi connectivity index (χ1v) is 30.5. The molecule has 0 fully saturated rings. The predicted octanol–water partition coefficient (Wildman–Crippen LogP) is 17.8. The normalized spacial score (nSPS) is 13.9. The van der Waals surface area contributed by atoms with Gasteiger partial charge in [-0.05, 0) is 77.0 Å². The van der Waals surface area contributed by atoms with Crippen molar-refractivity contribution in [3.05, 3.63) is 60.8 Å². The van der Waals surface area contributed by atoms with Crippen LogP contribution in [0.25, 0.3) is 0 Å². The molecule has 0 radical (unpaired) electrons. The monoisotopic (exact) mass is 990 g/mol. The molecule has 0 amide bonds. The molecule has 8 nitrogen and oxygen atoms in total. The molecule has 2 atom stereocenters. The second-order valence-corrected chi connectivity index (χ2v) is 22.0. The summed E-state index contributed by atoms with van der Waals surface area (Å²) in [6, 6.07) is 0. The molecule has 0 aliphatic carbocycles. The summed E-state index contributed by atoms with van der Waals surface area (Å²) in [6.07, 6.45) is 68.3. The number of carbonyl (C=O) groups is 1. The van der Waals surface area contributed by atoms with Crippen molar-refractivity contribution in [1.29, 1.82) is 0 Å². The summed E-state index contributed by atoms with van der Waals surface area (Å²) >= 11 is 0. The summed E-state index contributed by atoms with van der Waals surface area (Å²) in [7, 11) is 1.36. The first kappa shape index (κ1) is 67.2. The van der Waals surface area contributed by atoms with Crippen molar-refractivity contribution in [2.75, 3.05) is 54.1 Å². The predicted molar refractivity (Wildman–Crippen MR) is 296 cm³/mol. The molecular weight excluding hydrogens is 878 g/mol. The number of allylic oxidation sites excluding steroid dienone is 10. The standard InChI is InChI=1S/C60H112NO7P/c1-6-8-10-12-14-16-18-20-22-24-26-28-29-30-31-32-34-36-38-40-42-44-46-48-50-52-55-65-57-59(58-67-69(63,64)66-56-54-61(3,4)5)68-60(62)53-51-49-47-45-43-41-39-37-35-33-27-25-23-21-19-17-15-13-11-9-7-2/h8,10,14,16,20,22,25-28,59H,6-7,9,11-13,15,17-19,21,23-24,29-58H2,1-5H3/b10-8-,16-14-,22-20-,27-25-,28-26-. The number of unbranched alkanes of at least 4 members (excludes halogenated alkanes) is 30. The zero-order valence-corrected chi connectivity index (χ0v) is 46.9. The van der Waals surface area contributed by atoms with Crippen molar-refractivity contribution in [3.63, 3.8) is 0 Å². The van der Waals surface area contributed by atoms with Crippen LogP contribution < -0.4 is 4.89 Å². The third-order valence-corrected chi connectivity index (χ3v) is 13.5. The Hall–Kier alpha value is -1.80. The Morgan fingerprint density at radius 3 is 1.28 bits per heavy atom. The largest absolute Gasteiger partial charge is 0.756 e. The first-order valence-electron chi connectivity index (χ1n) is 29.0. The summed E-state index contributed by atoms with van der Waals surface area (Å²) in [4.78, 5) is 25.3. The number of carbonyl (C=O) groups excluding carboxylic acids is 1. The van der Waals surface area contributed by atoms with Crippen molar-refractivity contribution in [3.8, 4) is 0 Å². The Balaban J connectivity index is 4.06. The molecule has 404 valence electrons. The highest BCUT2D eigenvalue weighted by molar-refractivity contribution is 7.45. The molecule has 0 rings (SSSR count). The molecule has 0 aromatic heterocycles. The van der Waals surface area contributed by atoms with Gasteiger partial charge in [0.2, 0.25) is 0 Å². The molecule has 0 aliphatic heterocycles. The van der Waals surface area contributed by atoms with Crippen molar-refractivity contribution in [1.82, 2.24) is 0 Å². The molecule has 0 aromatic carbocycles. The average molecular weight is 991 g/mol. The zero-order valence-electron chi connectivity index (χ0n) is 46.0. The van der Waals surface area contributed by atoms with Crippen molar-refractivity contribution >= 4 is 13.8 Å². The molecule has 0 spiro atoms. The number of nitrogens with zero attached hydrogens (tertiary/aromatic N) is 1. The van der Waals surface area contributed by atoms with E-state index < -0.39 is 13.9 Å². The molecule has 2 unspecified atom stereocenters. The Kier molecular flexibility index (Phi) is 51.2. The van der Waals surface area contributed by atoms with E-state index in [0.29, 0.717) is 24.1 Å². The molecule has 0 saturated carbocycles. The number of quaternary nitrogens is 1. The van der Waals surface area contributed by atoms with E-state index in [0.717, 1.165) is 57.8 Å². The Morgan fingerprint density at radius 2 is 0.841 bits per heavy atom. The van der Waals surface area contributed by atoms with Crippen LogP contribution in [-0.4, -0.2) is 70.7 Å². The topological polar surface area (TPSA) is 94.1 Å². The number of esters is 1. The van der Waals surface area contributed by atoms with E-state index in [4.69, 9.17) is 18.5 Å². The third kappa shape index (κ3) is 57.0. The van der Waals surface area contributed by atoms with E-state index in [1.807, 2.05) is 21.1 Å². The number of hydrogen-bond donors (Lipinski definition) is 0. The Morgan fingerprint density at radius 1 is 0.464 bits per heavy atom. The number of phosphoric acid groups is 1. The lowest BCUT2D eigenvalue weighted by Gasteiger charge is -2.28. The Labute approximate surface area is 428 Å². The van der Waals surface area contributed by atoms with Gasteiger partial charge in [0.05, 0.1) is 34.4 Å². The van der Waals surface area contributed by atoms with E-state index >= 15 is 0 Å². The van der Waals surface area contributed by atoms with E-state index in [2.05, 4.69) is 74.6 Å². The zero-order chi connectivity index (χ0) is 50.5. The van der Waals surface area contributed by atoms with Crippen LogP contribution in [0.15, 0.2) is 60.8 Å². The maximum Gasteiger partial charge on any atom is 0.306 e. The van der Waals surface area contributed by atoms with Gasteiger partial charge in [0.15, 0.2) is 0 Å². The first-order chi connectivity index (χ1) is 33.6. The van der Waals surface area contributed by atoms with Crippen LogP contribution >= 0.6 is 7.82 Å². The lowest BCUT2D eigenvalue weighted by molar-refractivity contribution is -0.870. The quantitative estimate of drug-likeness (QED) is 0.0197. The fourth-order valence-electron chi connectivity index (χ4n) is 8.12. The van der Waals surface area contributed by atoms with Gasteiger partial charge < -0.3 is 27.9 Å². The van der Waals surface area contributed by atoms with Crippen LogP contribution in [0.4, 0.5) is 0 Å². The minimum Gasteiger partial charge on any atom is -0.756 e. The summed E-state index contributed by atoms with van der Waals surface area (Å²) < 4.78 is 34.9. The molecule has 0 aliphatic rings. The number of phosphoric ester groups is 1.